The van der Waals surface area contributed by atoms with E-state index in [2.05, 4.69) is 10.4 Å². The first-order chi connectivity index (χ1) is 15.1. The summed E-state index contributed by atoms with van der Waals surface area (Å²) in [5.41, 5.74) is -1.60. The molecule has 2 aliphatic heterocycles. The molecule has 2 atom stereocenters. The Bertz CT molecular complexity index is 1110. The summed E-state index contributed by atoms with van der Waals surface area (Å²) in [6.45, 7) is 0.865. The first-order valence-electron chi connectivity index (χ1n) is 10.1. The normalized spacial score (nSPS) is 24.2. The van der Waals surface area contributed by atoms with Gasteiger partial charge in [0.1, 0.15) is 17.6 Å². The summed E-state index contributed by atoms with van der Waals surface area (Å²) >= 11 is 0. The molecule has 0 saturated heterocycles. The molecular weight excluding hydrogens is 427 g/mol. The van der Waals surface area contributed by atoms with E-state index in [0.717, 1.165) is 6.07 Å². The Morgan fingerprint density at radius 2 is 2.19 bits per heavy atom. The number of nitrogens with one attached hydrogen (secondary N) is 1. The van der Waals surface area contributed by atoms with E-state index in [4.69, 9.17) is 5.26 Å². The predicted molar refractivity (Wildman–Crippen MR) is 106 cm³/mol. The average molecular weight is 449 g/mol. The number of fused-ring (bicyclic) bond motifs is 3. The van der Waals surface area contributed by atoms with Crippen molar-refractivity contribution in [3.8, 4) is 6.07 Å². The van der Waals surface area contributed by atoms with E-state index in [1.54, 1.807) is 13.0 Å². The fourth-order valence-corrected chi connectivity index (χ4v) is 4.36. The first kappa shape index (κ1) is 22.1. The third-order valence-electron chi connectivity index (χ3n) is 6.06. The summed E-state index contributed by atoms with van der Waals surface area (Å²) in [5, 5.41) is 35.6. The van der Waals surface area contributed by atoms with E-state index < -0.39 is 36.4 Å². The lowest BCUT2D eigenvalue weighted by Gasteiger charge is -2.34. The highest BCUT2D eigenvalue weighted by Gasteiger charge is 2.50. The summed E-state index contributed by atoms with van der Waals surface area (Å²) in [6, 6.07) is 4.34. The zero-order valence-corrected chi connectivity index (χ0v) is 17.3. The lowest BCUT2D eigenvalue weighted by Crippen LogP contribution is -2.45. The zero-order valence-electron chi connectivity index (χ0n) is 17.3. The number of aliphatic hydroxyl groups is 2. The SMILES string of the molecule is C[C@@H]1Cc2nn3c(c2CN1C(=O)Nc1ccc(F)c(C#N)c1)C(F)(F)C[C@](O)(CO)CC3. The van der Waals surface area contributed by atoms with Gasteiger partial charge in [-0.05, 0) is 31.5 Å². The lowest BCUT2D eigenvalue weighted by molar-refractivity contribution is -0.112. The number of benzene rings is 1. The van der Waals surface area contributed by atoms with Crippen LogP contribution in [-0.2, 0) is 25.4 Å². The number of alkyl halides is 2. The number of rotatable bonds is 2. The van der Waals surface area contributed by atoms with Crippen molar-refractivity contribution in [2.45, 2.75) is 56.8 Å². The summed E-state index contributed by atoms with van der Waals surface area (Å²) in [6.07, 6.45) is -0.753. The lowest BCUT2D eigenvalue weighted by atomic mass is 9.90. The van der Waals surface area contributed by atoms with Crippen LogP contribution in [0.15, 0.2) is 18.2 Å². The zero-order chi connectivity index (χ0) is 23.3. The maximum absolute atomic E-state index is 15.1. The Morgan fingerprint density at radius 3 is 2.88 bits per heavy atom. The van der Waals surface area contributed by atoms with Gasteiger partial charge in [0.2, 0.25) is 0 Å². The van der Waals surface area contributed by atoms with Crippen molar-refractivity contribution in [1.82, 2.24) is 14.7 Å². The third kappa shape index (κ3) is 3.80. The number of urea groups is 1. The summed E-state index contributed by atoms with van der Waals surface area (Å²) in [4.78, 5) is 14.3. The molecule has 2 aromatic rings. The molecular formula is C21H22F3N5O3. The Hall–Kier alpha value is -3.10. The number of carbonyl (C=O) groups is 1. The minimum atomic E-state index is -3.45. The number of aliphatic hydroxyl groups excluding tert-OH is 1. The summed E-state index contributed by atoms with van der Waals surface area (Å²) < 4.78 is 45.0. The number of carbonyl (C=O) groups excluding carboxylic acids is 1. The second-order valence-corrected chi connectivity index (χ2v) is 8.43. The molecule has 0 radical (unpaired) electrons. The number of amides is 2. The standard InChI is InChI=1S/C21H22F3N5O3/c1-12-6-17-15(18-21(23,24)10-20(32,11-30)4-5-29(18)27-17)9-28(12)19(31)26-14-2-3-16(22)13(7-14)8-25/h2-3,7,12,30,32H,4-6,9-11H2,1H3,(H,26,31)/t12-,20+/m1/s1. The highest BCUT2D eigenvalue weighted by molar-refractivity contribution is 5.90. The van der Waals surface area contributed by atoms with Crippen LogP contribution in [0.1, 0.15) is 42.3 Å². The number of hydrogen-bond donors (Lipinski definition) is 3. The van der Waals surface area contributed by atoms with Crippen LogP contribution in [0.4, 0.5) is 23.7 Å². The third-order valence-corrected chi connectivity index (χ3v) is 6.06. The molecule has 1 aromatic carbocycles. The summed E-state index contributed by atoms with van der Waals surface area (Å²) in [7, 11) is 0. The smallest absolute Gasteiger partial charge is 0.322 e. The molecule has 0 saturated carbocycles. The van der Waals surface area contributed by atoms with Crippen LogP contribution in [0.3, 0.4) is 0 Å². The number of anilines is 1. The molecule has 3 N–H and O–H groups in total. The molecule has 3 heterocycles. The van der Waals surface area contributed by atoms with Crippen LogP contribution < -0.4 is 5.32 Å². The molecule has 0 unspecified atom stereocenters. The largest absolute Gasteiger partial charge is 0.393 e. The molecule has 170 valence electrons. The number of aryl methyl sites for hydroxylation is 1. The second kappa shape index (κ2) is 7.79. The van der Waals surface area contributed by atoms with Crippen LogP contribution in [0.25, 0.3) is 0 Å². The maximum Gasteiger partial charge on any atom is 0.322 e. The van der Waals surface area contributed by atoms with Gasteiger partial charge in [0.25, 0.3) is 5.92 Å². The number of aromatic nitrogens is 2. The quantitative estimate of drug-likeness (QED) is 0.652. The monoisotopic (exact) mass is 449 g/mol. The second-order valence-electron chi connectivity index (χ2n) is 8.43. The van der Waals surface area contributed by atoms with E-state index in [1.165, 1.54) is 21.7 Å². The van der Waals surface area contributed by atoms with Gasteiger partial charge in [0.15, 0.2) is 0 Å². The Balaban J connectivity index is 1.62. The van der Waals surface area contributed by atoms with Gasteiger partial charge >= 0.3 is 6.03 Å². The molecule has 4 rings (SSSR count). The Kier molecular flexibility index (Phi) is 5.38. The minimum absolute atomic E-state index is 0.0159. The predicted octanol–water partition coefficient (Wildman–Crippen LogP) is 2.48. The molecule has 2 amide bonds. The number of hydrogen-bond acceptors (Lipinski definition) is 5. The molecule has 0 spiro atoms. The average Bonchev–Trinajstić information content (AvgIpc) is 3.06. The van der Waals surface area contributed by atoms with Crippen LogP contribution in [-0.4, -0.2) is 49.2 Å². The number of nitrogens with zero attached hydrogens (tertiary/aromatic N) is 4. The highest BCUT2D eigenvalue weighted by Crippen LogP contribution is 2.44. The van der Waals surface area contributed by atoms with Crippen molar-refractivity contribution in [2.24, 2.45) is 0 Å². The molecule has 0 aliphatic carbocycles. The summed E-state index contributed by atoms with van der Waals surface area (Å²) in [5.74, 6) is -4.16. The highest BCUT2D eigenvalue weighted by atomic mass is 19.3. The van der Waals surface area contributed by atoms with E-state index in [0.29, 0.717) is 5.69 Å². The molecule has 32 heavy (non-hydrogen) atoms. The number of halogens is 3. The van der Waals surface area contributed by atoms with Crippen molar-refractivity contribution < 1.29 is 28.2 Å². The Labute approximate surface area is 181 Å². The van der Waals surface area contributed by atoms with Gasteiger partial charge in [-0.25, -0.2) is 9.18 Å². The van der Waals surface area contributed by atoms with Crippen molar-refractivity contribution in [2.75, 3.05) is 11.9 Å². The van der Waals surface area contributed by atoms with Gasteiger partial charge in [-0.1, -0.05) is 0 Å². The molecule has 11 heteroatoms. The molecule has 8 nitrogen and oxygen atoms in total. The minimum Gasteiger partial charge on any atom is -0.393 e. The molecule has 0 bridgehead atoms. The van der Waals surface area contributed by atoms with E-state index in [-0.39, 0.29) is 54.5 Å². The van der Waals surface area contributed by atoms with Gasteiger partial charge in [0, 0.05) is 36.7 Å². The van der Waals surface area contributed by atoms with Gasteiger partial charge in [-0.2, -0.15) is 19.1 Å². The number of nitriles is 1. The van der Waals surface area contributed by atoms with Crippen LogP contribution in [0, 0.1) is 17.1 Å². The van der Waals surface area contributed by atoms with Crippen LogP contribution >= 0.6 is 0 Å². The van der Waals surface area contributed by atoms with E-state index in [9.17, 15) is 19.4 Å². The maximum atomic E-state index is 15.1. The Morgan fingerprint density at radius 1 is 1.44 bits per heavy atom. The van der Waals surface area contributed by atoms with Crippen LogP contribution in [0.2, 0.25) is 0 Å². The van der Waals surface area contributed by atoms with E-state index >= 15 is 8.78 Å². The van der Waals surface area contributed by atoms with Gasteiger partial charge < -0.3 is 20.4 Å². The van der Waals surface area contributed by atoms with Crippen molar-refractivity contribution in [3.63, 3.8) is 0 Å². The van der Waals surface area contributed by atoms with Gasteiger partial charge in [0.05, 0.1) is 30.0 Å². The van der Waals surface area contributed by atoms with Gasteiger partial charge in [-0.15, -0.1) is 0 Å². The fraction of sp³-hybridized carbons (Fsp3) is 0.476. The molecule has 1 aromatic heterocycles. The van der Waals surface area contributed by atoms with Crippen molar-refractivity contribution >= 4 is 11.7 Å². The van der Waals surface area contributed by atoms with Gasteiger partial charge in [-0.3, -0.25) is 4.68 Å². The van der Waals surface area contributed by atoms with Crippen molar-refractivity contribution in [1.29, 1.82) is 5.26 Å². The molecule has 0 fully saturated rings. The van der Waals surface area contributed by atoms with Crippen molar-refractivity contribution in [3.05, 3.63) is 46.5 Å². The van der Waals surface area contributed by atoms with E-state index in [1.807, 2.05) is 0 Å². The van der Waals surface area contributed by atoms with Crippen LogP contribution in [0.5, 0.6) is 0 Å². The first-order valence-corrected chi connectivity index (χ1v) is 10.1. The molecule has 2 aliphatic rings. The fourth-order valence-electron chi connectivity index (χ4n) is 4.36. The topological polar surface area (TPSA) is 114 Å².